The van der Waals surface area contributed by atoms with Gasteiger partial charge >= 0.3 is 0 Å². The van der Waals surface area contributed by atoms with Crippen LogP contribution in [0.2, 0.25) is 0 Å². The molecular formula is C15H19N3O3. The molecule has 2 N–H and O–H groups in total. The van der Waals surface area contributed by atoms with Crippen LogP contribution in [-0.2, 0) is 17.6 Å². The molecule has 0 aromatic carbocycles. The maximum Gasteiger partial charge on any atom is 0.254 e. The lowest BCUT2D eigenvalue weighted by molar-refractivity contribution is -0.121. The van der Waals surface area contributed by atoms with Gasteiger partial charge in [-0.15, -0.1) is 0 Å². The summed E-state index contributed by atoms with van der Waals surface area (Å²) in [6.45, 7) is 5.34. The predicted octanol–water partition coefficient (Wildman–Crippen LogP) is 1.27. The molecule has 6 heteroatoms. The van der Waals surface area contributed by atoms with Crippen LogP contribution in [0.5, 0.6) is 0 Å². The fourth-order valence-electron chi connectivity index (χ4n) is 2.23. The Balaban J connectivity index is 1.97. The Hall–Kier alpha value is -2.37. The zero-order chi connectivity index (χ0) is 15.4. The number of carbonyl (C=O) groups excluding carboxylic acids is 1. The SMILES string of the molecule is Cc1nc(C)c(CC(=O)N[C@@H](C)Cc2ccco2)c(=O)[nH]1. The van der Waals surface area contributed by atoms with Gasteiger partial charge in [-0.25, -0.2) is 4.98 Å². The number of aromatic amines is 1. The zero-order valence-corrected chi connectivity index (χ0v) is 12.4. The molecule has 2 aromatic rings. The van der Waals surface area contributed by atoms with E-state index < -0.39 is 0 Å². The molecule has 2 heterocycles. The van der Waals surface area contributed by atoms with Crippen LogP contribution in [0.4, 0.5) is 0 Å². The van der Waals surface area contributed by atoms with Crippen LogP contribution in [0, 0.1) is 13.8 Å². The van der Waals surface area contributed by atoms with Gasteiger partial charge in [0.25, 0.3) is 5.56 Å². The number of carbonyl (C=O) groups is 1. The highest BCUT2D eigenvalue weighted by Crippen LogP contribution is 2.05. The summed E-state index contributed by atoms with van der Waals surface area (Å²) < 4.78 is 5.24. The molecule has 2 aromatic heterocycles. The molecule has 2 rings (SSSR count). The normalized spacial score (nSPS) is 12.1. The fourth-order valence-corrected chi connectivity index (χ4v) is 2.23. The second kappa shape index (κ2) is 6.39. The van der Waals surface area contributed by atoms with Crippen molar-refractivity contribution in [3.05, 3.63) is 51.6 Å². The highest BCUT2D eigenvalue weighted by atomic mass is 16.3. The maximum absolute atomic E-state index is 12.0. The molecule has 0 aliphatic rings. The van der Waals surface area contributed by atoms with Gasteiger partial charge in [0, 0.05) is 23.7 Å². The van der Waals surface area contributed by atoms with Crippen LogP contribution in [0.25, 0.3) is 0 Å². The lowest BCUT2D eigenvalue weighted by atomic mass is 10.1. The zero-order valence-electron chi connectivity index (χ0n) is 12.4. The van der Waals surface area contributed by atoms with E-state index in [-0.39, 0.29) is 23.9 Å². The molecule has 0 bridgehead atoms. The van der Waals surface area contributed by atoms with E-state index in [9.17, 15) is 9.59 Å². The predicted molar refractivity (Wildman–Crippen MR) is 78.1 cm³/mol. The molecule has 6 nitrogen and oxygen atoms in total. The average Bonchev–Trinajstić information content (AvgIpc) is 2.86. The number of nitrogens with zero attached hydrogens (tertiary/aromatic N) is 1. The third-order valence-corrected chi connectivity index (χ3v) is 3.17. The Morgan fingerprint density at radius 3 is 2.86 bits per heavy atom. The van der Waals surface area contributed by atoms with E-state index in [0.29, 0.717) is 23.5 Å². The minimum atomic E-state index is -0.256. The van der Waals surface area contributed by atoms with Crippen molar-refractivity contribution in [3.8, 4) is 0 Å². The van der Waals surface area contributed by atoms with Gasteiger partial charge in [0.1, 0.15) is 11.6 Å². The van der Waals surface area contributed by atoms with Crippen LogP contribution in [0.15, 0.2) is 27.6 Å². The van der Waals surface area contributed by atoms with Crippen LogP contribution < -0.4 is 10.9 Å². The van der Waals surface area contributed by atoms with E-state index in [4.69, 9.17) is 4.42 Å². The molecule has 0 saturated heterocycles. The molecule has 0 aliphatic heterocycles. The fraction of sp³-hybridized carbons (Fsp3) is 0.400. The number of H-pyrrole nitrogens is 1. The molecule has 0 fully saturated rings. The van der Waals surface area contributed by atoms with Gasteiger partial charge in [0.05, 0.1) is 12.7 Å². The van der Waals surface area contributed by atoms with Crippen molar-refractivity contribution < 1.29 is 9.21 Å². The molecule has 1 amide bonds. The number of amides is 1. The number of hydrogen-bond donors (Lipinski definition) is 2. The number of hydrogen-bond acceptors (Lipinski definition) is 4. The highest BCUT2D eigenvalue weighted by Gasteiger charge is 2.14. The first-order valence-electron chi connectivity index (χ1n) is 6.84. The second-order valence-corrected chi connectivity index (χ2v) is 5.14. The molecule has 0 spiro atoms. The summed E-state index contributed by atoms with van der Waals surface area (Å²) in [5.74, 6) is 1.16. The largest absolute Gasteiger partial charge is 0.469 e. The smallest absolute Gasteiger partial charge is 0.254 e. The van der Waals surface area contributed by atoms with Gasteiger partial charge in [-0.05, 0) is 32.9 Å². The van der Waals surface area contributed by atoms with Gasteiger partial charge in [0.15, 0.2) is 0 Å². The number of rotatable bonds is 5. The van der Waals surface area contributed by atoms with Gasteiger partial charge < -0.3 is 14.7 Å². The van der Waals surface area contributed by atoms with Crippen molar-refractivity contribution in [3.63, 3.8) is 0 Å². The number of aryl methyl sites for hydroxylation is 2. The Kier molecular flexibility index (Phi) is 4.57. The standard InChI is InChI=1S/C15H19N3O3/c1-9(7-12-5-4-6-21-12)16-14(19)8-13-10(2)17-11(3)18-15(13)20/h4-6,9H,7-8H2,1-3H3,(H,16,19)(H,17,18,20)/t9-/m0/s1. The van der Waals surface area contributed by atoms with Gasteiger partial charge in [-0.1, -0.05) is 0 Å². The second-order valence-electron chi connectivity index (χ2n) is 5.14. The first-order valence-corrected chi connectivity index (χ1v) is 6.84. The van der Waals surface area contributed by atoms with Crippen molar-refractivity contribution in [2.75, 3.05) is 0 Å². The van der Waals surface area contributed by atoms with Crippen molar-refractivity contribution in [1.82, 2.24) is 15.3 Å². The molecular weight excluding hydrogens is 270 g/mol. The maximum atomic E-state index is 12.0. The molecule has 21 heavy (non-hydrogen) atoms. The first kappa shape index (κ1) is 15.0. The van der Waals surface area contributed by atoms with E-state index in [1.54, 1.807) is 20.1 Å². The molecule has 0 aliphatic carbocycles. The Labute approximate surface area is 122 Å². The van der Waals surface area contributed by atoms with Crippen molar-refractivity contribution in [2.45, 2.75) is 39.7 Å². The molecule has 1 atom stereocenters. The van der Waals surface area contributed by atoms with E-state index in [2.05, 4.69) is 15.3 Å². The first-order chi connectivity index (χ1) is 9.95. The van der Waals surface area contributed by atoms with Crippen molar-refractivity contribution in [2.24, 2.45) is 0 Å². The summed E-state index contributed by atoms with van der Waals surface area (Å²) in [4.78, 5) is 30.7. The van der Waals surface area contributed by atoms with Crippen LogP contribution in [0.1, 0.15) is 29.8 Å². The lowest BCUT2D eigenvalue weighted by Gasteiger charge is -2.13. The minimum Gasteiger partial charge on any atom is -0.469 e. The third-order valence-electron chi connectivity index (χ3n) is 3.17. The van der Waals surface area contributed by atoms with E-state index >= 15 is 0 Å². The van der Waals surface area contributed by atoms with Gasteiger partial charge in [-0.3, -0.25) is 9.59 Å². The minimum absolute atomic E-state index is 0.0247. The summed E-state index contributed by atoms with van der Waals surface area (Å²) in [6.07, 6.45) is 2.24. The summed E-state index contributed by atoms with van der Waals surface area (Å²) in [5, 5.41) is 2.86. The topological polar surface area (TPSA) is 88.0 Å². The average molecular weight is 289 g/mol. The number of nitrogens with one attached hydrogen (secondary N) is 2. The quantitative estimate of drug-likeness (QED) is 0.867. The Bertz CT molecular complexity index is 674. The highest BCUT2D eigenvalue weighted by molar-refractivity contribution is 5.78. The molecule has 0 unspecified atom stereocenters. The lowest BCUT2D eigenvalue weighted by Crippen LogP contribution is -2.36. The van der Waals surface area contributed by atoms with Crippen molar-refractivity contribution >= 4 is 5.91 Å². The number of aromatic nitrogens is 2. The van der Waals surface area contributed by atoms with Gasteiger partial charge in [0.2, 0.25) is 5.91 Å². The number of furan rings is 1. The molecule has 112 valence electrons. The Morgan fingerprint density at radius 2 is 2.24 bits per heavy atom. The van der Waals surface area contributed by atoms with Crippen LogP contribution in [0.3, 0.4) is 0 Å². The van der Waals surface area contributed by atoms with Crippen LogP contribution in [-0.4, -0.2) is 21.9 Å². The summed E-state index contributed by atoms with van der Waals surface area (Å²) in [6, 6.07) is 3.60. The van der Waals surface area contributed by atoms with E-state index in [1.807, 2.05) is 19.1 Å². The van der Waals surface area contributed by atoms with Gasteiger partial charge in [-0.2, -0.15) is 0 Å². The monoisotopic (exact) mass is 289 g/mol. The Morgan fingerprint density at radius 1 is 1.48 bits per heavy atom. The van der Waals surface area contributed by atoms with E-state index in [1.165, 1.54) is 0 Å². The van der Waals surface area contributed by atoms with E-state index in [0.717, 1.165) is 5.76 Å². The third kappa shape index (κ3) is 4.05. The molecule has 0 radical (unpaired) electrons. The molecule has 0 saturated carbocycles. The summed E-state index contributed by atoms with van der Waals surface area (Å²) in [5.41, 5.74) is 0.738. The summed E-state index contributed by atoms with van der Waals surface area (Å²) >= 11 is 0. The van der Waals surface area contributed by atoms with Crippen LogP contribution >= 0.6 is 0 Å². The summed E-state index contributed by atoms with van der Waals surface area (Å²) in [7, 11) is 0. The van der Waals surface area contributed by atoms with Crippen molar-refractivity contribution in [1.29, 1.82) is 0 Å².